The molecule has 0 radical (unpaired) electrons. The average Bonchev–Trinajstić information content (AvgIpc) is 2.87. The fourth-order valence-corrected chi connectivity index (χ4v) is 3.08. The van der Waals surface area contributed by atoms with Crippen LogP contribution in [-0.2, 0) is 14.2 Å². The third-order valence-corrected chi connectivity index (χ3v) is 4.58. The maximum atomic E-state index is 5.78. The lowest BCUT2D eigenvalue weighted by Gasteiger charge is -2.39. The summed E-state index contributed by atoms with van der Waals surface area (Å²) in [6, 6.07) is 0.655. The fourth-order valence-electron chi connectivity index (χ4n) is 3.08. The van der Waals surface area contributed by atoms with E-state index in [1.807, 2.05) is 0 Å². The summed E-state index contributed by atoms with van der Waals surface area (Å²) in [4.78, 5) is 2.44. The molecule has 1 aliphatic heterocycles. The predicted octanol–water partition coefficient (Wildman–Crippen LogP) is 2.67. The number of nitrogens with zero attached hydrogens (tertiary/aromatic N) is 1. The van der Waals surface area contributed by atoms with E-state index in [1.165, 1.54) is 12.8 Å². The predicted molar refractivity (Wildman–Crippen MR) is 79.8 cm³/mol. The van der Waals surface area contributed by atoms with Crippen LogP contribution >= 0.6 is 0 Å². The van der Waals surface area contributed by atoms with Gasteiger partial charge < -0.3 is 19.1 Å². The van der Waals surface area contributed by atoms with Crippen molar-refractivity contribution in [3.8, 4) is 0 Å². The summed E-state index contributed by atoms with van der Waals surface area (Å²) >= 11 is 0. The molecule has 118 valence electrons. The molecule has 20 heavy (non-hydrogen) atoms. The molecule has 0 aromatic heterocycles. The van der Waals surface area contributed by atoms with E-state index in [0.717, 1.165) is 58.2 Å². The molecule has 0 N–H and O–H groups in total. The molecule has 0 aromatic carbocycles. The van der Waals surface area contributed by atoms with Gasteiger partial charge in [0.1, 0.15) is 0 Å². The van der Waals surface area contributed by atoms with Crippen molar-refractivity contribution >= 4 is 0 Å². The first kappa shape index (κ1) is 16.2. The summed E-state index contributed by atoms with van der Waals surface area (Å²) in [5.41, 5.74) is 0. The Morgan fingerprint density at radius 3 is 2.40 bits per heavy atom. The van der Waals surface area contributed by atoms with Crippen molar-refractivity contribution in [2.75, 3.05) is 40.0 Å². The van der Waals surface area contributed by atoms with E-state index in [0.29, 0.717) is 6.04 Å². The second kappa shape index (κ2) is 7.74. The van der Waals surface area contributed by atoms with Gasteiger partial charge in [0.05, 0.1) is 19.8 Å². The van der Waals surface area contributed by atoms with E-state index in [2.05, 4.69) is 25.8 Å². The normalized spacial score (nSPS) is 23.2. The number of likely N-dealkylation sites (N-methyl/N-ethyl adjacent to an activating group) is 1. The Labute approximate surface area is 123 Å². The molecule has 0 amide bonds. The van der Waals surface area contributed by atoms with Gasteiger partial charge in [0.15, 0.2) is 5.79 Å². The Bertz CT molecular complexity index is 267. The van der Waals surface area contributed by atoms with Crippen molar-refractivity contribution in [3.05, 3.63) is 0 Å². The molecule has 2 fully saturated rings. The molecule has 2 rings (SSSR count). The molecule has 0 aromatic rings. The van der Waals surface area contributed by atoms with Crippen LogP contribution in [0.25, 0.3) is 0 Å². The van der Waals surface area contributed by atoms with E-state index in [4.69, 9.17) is 14.2 Å². The molecular formula is C16H31NO3. The third-order valence-electron chi connectivity index (χ3n) is 4.58. The standard InChI is InChI=1S/C16H31NO3/c1-14(2)6-10-18-11-9-17(3)15-4-7-16(8-5-15)19-12-13-20-16/h14-15H,4-13H2,1-3H3. The van der Waals surface area contributed by atoms with Gasteiger partial charge in [-0.2, -0.15) is 0 Å². The summed E-state index contributed by atoms with van der Waals surface area (Å²) in [6.45, 7) is 8.77. The largest absolute Gasteiger partial charge is 0.380 e. The minimum atomic E-state index is -0.231. The van der Waals surface area contributed by atoms with Gasteiger partial charge in [-0.1, -0.05) is 13.8 Å². The fraction of sp³-hybridized carbons (Fsp3) is 1.00. The molecule has 0 bridgehead atoms. The van der Waals surface area contributed by atoms with E-state index < -0.39 is 0 Å². The molecule has 1 heterocycles. The first-order valence-electron chi connectivity index (χ1n) is 8.17. The van der Waals surface area contributed by atoms with Crippen LogP contribution < -0.4 is 0 Å². The van der Waals surface area contributed by atoms with E-state index in [9.17, 15) is 0 Å². The van der Waals surface area contributed by atoms with Crippen LogP contribution in [0.2, 0.25) is 0 Å². The van der Waals surface area contributed by atoms with Gasteiger partial charge in [0.2, 0.25) is 0 Å². The van der Waals surface area contributed by atoms with Crippen molar-refractivity contribution in [1.29, 1.82) is 0 Å². The van der Waals surface area contributed by atoms with Crippen LogP contribution in [0.15, 0.2) is 0 Å². The van der Waals surface area contributed by atoms with Gasteiger partial charge in [-0.3, -0.25) is 0 Å². The summed E-state index contributed by atoms with van der Waals surface area (Å²) in [5.74, 6) is 0.499. The molecule has 1 saturated heterocycles. The quantitative estimate of drug-likeness (QED) is 0.673. The molecule has 1 spiro atoms. The highest BCUT2D eigenvalue weighted by Crippen LogP contribution is 2.36. The van der Waals surface area contributed by atoms with Crippen molar-refractivity contribution in [1.82, 2.24) is 4.90 Å². The van der Waals surface area contributed by atoms with Crippen LogP contribution in [0.1, 0.15) is 46.0 Å². The minimum Gasteiger partial charge on any atom is -0.380 e. The van der Waals surface area contributed by atoms with Gasteiger partial charge in [-0.05, 0) is 32.2 Å². The van der Waals surface area contributed by atoms with Crippen molar-refractivity contribution in [2.24, 2.45) is 5.92 Å². The zero-order chi connectivity index (χ0) is 14.4. The smallest absolute Gasteiger partial charge is 0.168 e. The number of hydrogen-bond donors (Lipinski definition) is 0. The lowest BCUT2D eigenvalue weighted by atomic mass is 9.89. The highest BCUT2D eigenvalue weighted by Gasteiger charge is 2.40. The Morgan fingerprint density at radius 2 is 1.80 bits per heavy atom. The van der Waals surface area contributed by atoms with Crippen LogP contribution in [0.3, 0.4) is 0 Å². The minimum absolute atomic E-state index is 0.231. The van der Waals surface area contributed by atoms with Crippen LogP contribution in [0.5, 0.6) is 0 Å². The molecular weight excluding hydrogens is 254 g/mol. The molecule has 0 unspecified atom stereocenters. The Kier molecular flexibility index (Phi) is 6.27. The highest BCUT2D eigenvalue weighted by molar-refractivity contribution is 4.85. The molecule has 2 aliphatic rings. The van der Waals surface area contributed by atoms with Gasteiger partial charge in [0, 0.05) is 32.0 Å². The Morgan fingerprint density at radius 1 is 1.15 bits per heavy atom. The number of ether oxygens (including phenoxy) is 3. The van der Waals surface area contributed by atoms with Crippen molar-refractivity contribution in [2.45, 2.75) is 57.8 Å². The molecule has 4 nitrogen and oxygen atoms in total. The summed E-state index contributed by atoms with van der Waals surface area (Å²) in [7, 11) is 2.21. The average molecular weight is 285 g/mol. The van der Waals surface area contributed by atoms with Crippen molar-refractivity contribution < 1.29 is 14.2 Å². The van der Waals surface area contributed by atoms with E-state index >= 15 is 0 Å². The topological polar surface area (TPSA) is 30.9 Å². The first-order chi connectivity index (χ1) is 9.61. The number of hydrogen-bond acceptors (Lipinski definition) is 4. The van der Waals surface area contributed by atoms with Crippen LogP contribution in [0.4, 0.5) is 0 Å². The second-order valence-electron chi connectivity index (χ2n) is 6.61. The third kappa shape index (κ3) is 4.69. The summed E-state index contributed by atoms with van der Waals surface area (Å²) in [5, 5.41) is 0. The first-order valence-corrected chi connectivity index (χ1v) is 8.17. The molecule has 4 heteroatoms. The monoisotopic (exact) mass is 285 g/mol. The summed E-state index contributed by atoms with van der Waals surface area (Å²) in [6.07, 6.45) is 5.57. The maximum absolute atomic E-state index is 5.78. The van der Waals surface area contributed by atoms with Gasteiger partial charge in [-0.25, -0.2) is 0 Å². The number of rotatable bonds is 7. The molecule has 1 saturated carbocycles. The van der Waals surface area contributed by atoms with E-state index in [1.54, 1.807) is 0 Å². The maximum Gasteiger partial charge on any atom is 0.168 e. The molecule has 1 aliphatic carbocycles. The Hall–Kier alpha value is -0.160. The SMILES string of the molecule is CC(C)CCOCCN(C)C1CCC2(CC1)OCCO2. The van der Waals surface area contributed by atoms with E-state index in [-0.39, 0.29) is 5.79 Å². The van der Waals surface area contributed by atoms with Gasteiger partial charge in [0.25, 0.3) is 0 Å². The van der Waals surface area contributed by atoms with Crippen LogP contribution in [0, 0.1) is 5.92 Å². The Balaban J connectivity index is 1.58. The lowest BCUT2D eigenvalue weighted by molar-refractivity contribution is -0.183. The second-order valence-corrected chi connectivity index (χ2v) is 6.61. The zero-order valence-electron chi connectivity index (χ0n) is 13.4. The summed E-state index contributed by atoms with van der Waals surface area (Å²) < 4.78 is 17.3. The van der Waals surface area contributed by atoms with Crippen molar-refractivity contribution in [3.63, 3.8) is 0 Å². The van der Waals surface area contributed by atoms with Gasteiger partial charge >= 0.3 is 0 Å². The highest BCUT2D eigenvalue weighted by atomic mass is 16.7. The molecule has 0 atom stereocenters. The zero-order valence-corrected chi connectivity index (χ0v) is 13.4. The van der Waals surface area contributed by atoms with Crippen LogP contribution in [-0.4, -0.2) is 56.7 Å². The van der Waals surface area contributed by atoms with Gasteiger partial charge in [-0.15, -0.1) is 0 Å². The lowest BCUT2D eigenvalue weighted by Crippen LogP contribution is -2.43.